The van der Waals surface area contributed by atoms with Gasteiger partial charge in [-0.15, -0.1) is 0 Å². The van der Waals surface area contributed by atoms with E-state index in [-0.39, 0.29) is 25.6 Å². The van der Waals surface area contributed by atoms with Gasteiger partial charge < -0.3 is 25.2 Å². The number of amides is 2. The maximum atomic E-state index is 12.9. The number of carboxylic acid groups (broad SMARTS) is 1. The smallest absolute Gasteiger partial charge is 0.407 e. The molecule has 2 amide bonds. The topological polar surface area (TPSA) is 114 Å². The van der Waals surface area contributed by atoms with E-state index in [1.807, 2.05) is 56.3 Å². The van der Waals surface area contributed by atoms with Crippen molar-refractivity contribution in [2.24, 2.45) is 0 Å². The van der Waals surface area contributed by atoms with Crippen molar-refractivity contribution in [2.45, 2.75) is 50.8 Å². The number of alkyl carbamates (subject to hydrolysis) is 1. The molecular formula is C27H30N2O6. The highest BCUT2D eigenvalue weighted by Gasteiger charge is 2.37. The summed E-state index contributed by atoms with van der Waals surface area (Å²) in [4.78, 5) is 37.1. The van der Waals surface area contributed by atoms with E-state index >= 15 is 0 Å². The Labute approximate surface area is 204 Å². The maximum Gasteiger partial charge on any atom is 0.407 e. The number of hydrogen-bond donors (Lipinski definition) is 3. The SMILES string of the molecule is CC(C)=CCC(NC(=O)OCC1c2ccccc2-c2ccccc21)C(=O)NC1CCOC1C(=O)O. The number of nitrogens with one attached hydrogen (secondary N) is 2. The van der Waals surface area contributed by atoms with Crippen LogP contribution in [0.3, 0.4) is 0 Å². The lowest BCUT2D eigenvalue weighted by Gasteiger charge is -2.22. The van der Waals surface area contributed by atoms with Gasteiger partial charge in [-0.05, 0) is 48.9 Å². The molecule has 1 fully saturated rings. The fourth-order valence-electron chi connectivity index (χ4n) is 4.63. The van der Waals surface area contributed by atoms with E-state index in [9.17, 15) is 19.5 Å². The number of allylic oxidation sites excluding steroid dienone is 1. The lowest BCUT2D eigenvalue weighted by atomic mass is 9.98. The molecule has 0 aromatic heterocycles. The summed E-state index contributed by atoms with van der Waals surface area (Å²) >= 11 is 0. The minimum Gasteiger partial charge on any atom is -0.479 e. The predicted molar refractivity (Wildman–Crippen MR) is 130 cm³/mol. The van der Waals surface area contributed by atoms with E-state index in [2.05, 4.69) is 22.8 Å². The largest absolute Gasteiger partial charge is 0.479 e. The Kier molecular flexibility index (Phi) is 7.51. The second-order valence-electron chi connectivity index (χ2n) is 9.07. The van der Waals surface area contributed by atoms with Gasteiger partial charge in [0.25, 0.3) is 0 Å². The molecule has 2 aromatic carbocycles. The summed E-state index contributed by atoms with van der Waals surface area (Å²) in [6.07, 6.45) is 0.685. The van der Waals surface area contributed by atoms with Gasteiger partial charge in [0, 0.05) is 12.5 Å². The Morgan fingerprint density at radius 3 is 2.31 bits per heavy atom. The summed E-state index contributed by atoms with van der Waals surface area (Å²) in [5, 5.41) is 14.7. The number of carbonyl (C=O) groups excluding carboxylic acids is 2. The van der Waals surface area contributed by atoms with E-state index < -0.39 is 36.2 Å². The normalized spacial score (nSPS) is 19.3. The highest BCUT2D eigenvalue weighted by atomic mass is 16.5. The zero-order valence-electron chi connectivity index (χ0n) is 19.8. The first-order chi connectivity index (χ1) is 16.8. The van der Waals surface area contributed by atoms with Crippen LogP contribution in [0.5, 0.6) is 0 Å². The Hall–Kier alpha value is -3.65. The molecule has 2 aliphatic rings. The molecule has 1 aliphatic carbocycles. The quantitative estimate of drug-likeness (QED) is 0.500. The van der Waals surface area contributed by atoms with Crippen molar-refractivity contribution in [3.8, 4) is 11.1 Å². The molecule has 184 valence electrons. The van der Waals surface area contributed by atoms with Gasteiger partial charge in [-0.25, -0.2) is 9.59 Å². The van der Waals surface area contributed by atoms with Crippen LogP contribution in [0.2, 0.25) is 0 Å². The Morgan fingerprint density at radius 1 is 1.09 bits per heavy atom. The number of ether oxygens (including phenoxy) is 2. The van der Waals surface area contributed by atoms with Crippen molar-refractivity contribution in [2.75, 3.05) is 13.2 Å². The molecule has 3 atom stereocenters. The van der Waals surface area contributed by atoms with E-state index in [1.165, 1.54) is 0 Å². The summed E-state index contributed by atoms with van der Waals surface area (Å²) in [6.45, 7) is 4.18. The van der Waals surface area contributed by atoms with Crippen LogP contribution < -0.4 is 10.6 Å². The first kappa shape index (κ1) is 24.5. The molecule has 4 rings (SSSR count). The van der Waals surface area contributed by atoms with Gasteiger partial charge in [-0.3, -0.25) is 4.79 Å². The van der Waals surface area contributed by atoms with Crippen molar-refractivity contribution in [3.63, 3.8) is 0 Å². The molecule has 35 heavy (non-hydrogen) atoms. The van der Waals surface area contributed by atoms with Gasteiger partial charge in [0.1, 0.15) is 12.6 Å². The predicted octanol–water partition coefficient (Wildman–Crippen LogP) is 3.61. The van der Waals surface area contributed by atoms with Gasteiger partial charge >= 0.3 is 12.1 Å². The second-order valence-corrected chi connectivity index (χ2v) is 9.07. The average Bonchev–Trinajstić information content (AvgIpc) is 3.43. The summed E-state index contributed by atoms with van der Waals surface area (Å²) in [6, 6.07) is 14.5. The number of benzene rings is 2. The van der Waals surface area contributed by atoms with Gasteiger partial charge in [-0.2, -0.15) is 0 Å². The van der Waals surface area contributed by atoms with Crippen LogP contribution in [0.4, 0.5) is 4.79 Å². The minimum absolute atomic E-state index is 0.0924. The van der Waals surface area contributed by atoms with E-state index in [1.54, 1.807) is 0 Å². The first-order valence-corrected chi connectivity index (χ1v) is 11.7. The van der Waals surface area contributed by atoms with Crippen LogP contribution in [0.25, 0.3) is 11.1 Å². The third kappa shape index (κ3) is 5.54. The van der Waals surface area contributed by atoms with Gasteiger partial charge in [0.2, 0.25) is 5.91 Å². The molecule has 8 nitrogen and oxygen atoms in total. The van der Waals surface area contributed by atoms with Crippen molar-refractivity contribution in [1.29, 1.82) is 0 Å². The zero-order valence-corrected chi connectivity index (χ0v) is 19.8. The summed E-state index contributed by atoms with van der Waals surface area (Å²) in [5.74, 6) is -1.69. The number of hydrogen-bond acceptors (Lipinski definition) is 5. The monoisotopic (exact) mass is 478 g/mol. The molecule has 3 unspecified atom stereocenters. The Morgan fingerprint density at radius 2 is 1.71 bits per heavy atom. The van der Waals surface area contributed by atoms with Crippen LogP contribution in [0.15, 0.2) is 60.2 Å². The first-order valence-electron chi connectivity index (χ1n) is 11.7. The number of carbonyl (C=O) groups is 3. The highest BCUT2D eigenvalue weighted by Crippen LogP contribution is 2.44. The van der Waals surface area contributed by atoms with Crippen molar-refractivity contribution in [3.05, 3.63) is 71.3 Å². The number of rotatable bonds is 8. The van der Waals surface area contributed by atoms with Crippen molar-refractivity contribution in [1.82, 2.24) is 10.6 Å². The Balaban J connectivity index is 1.42. The Bertz CT molecular complexity index is 1090. The fourth-order valence-corrected chi connectivity index (χ4v) is 4.63. The summed E-state index contributed by atoms with van der Waals surface area (Å²) in [7, 11) is 0. The lowest BCUT2D eigenvalue weighted by Crippen LogP contribution is -2.52. The fraction of sp³-hybridized carbons (Fsp3) is 0.370. The standard InChI is InChI=1S/C27H30N2O6/c1-16(2)11-12-23(25(30)28-22-13-14-34-24(22)26(31)32)29-27(33)35-15-21-19-9-5-3-7-17(19)18-8-4-6-10-20(18)21/h3-11,21-24H,12-15H2,1-2H3,(H,28,30)(H,29,33)(H,31,32). The zero-order chi connectivity index (χ0) is 24.9. The third-order valence-corrected chi connectivity index (χ3v) is 6.38. The lowest BCUT2D eigenvalue weighted by molar-refractivity contribution is -0.148. The van der Waals surface area contributed by atoms with E-state index in [0.29, 0.717) is 6.42 Å². The molecule has 1 saturated heterocycles. The molecule has 0 spiro atoms. The summed E-state index contributed by atoms with van der Waals surface area (Å²) < 4.78 is 10.8. The second kappa shape index (κ2) is 10.7. The van der Waals surface area contributed by atoms with Gasteiger partial charge in [-0.1, -0.05) is 60.2 Å². The molecule has 0 saturated carbocycles. The molecule has 1 aliphatic heterocycles. The van der Waals surface area contributed by atoms with Crippen LogP contribution in [-0.2, 0) is 19.1 Å². The maximum absolute atomic E-state index is 12.9. The number of aliphatic carboxylic acids is 1. The van der Waals surface area contributed by atoms with Crippen molar-refractivity contribution < 1.29 is 29.0 Å². The number of fused-ring (bicyclic) bond motifs is 3. The van der Waals surface area contributed by atoms with Crippen LogP contribution in [-0.4, -0.2) is 54.5 Å². The molecule has 3 N–H and O–H groups in total. The van der Waals surface area contributed by atoms with Gasteiger partial charge in [0.15, 0.2) is 6.10 Å². The van der Waals surface area contributed by atoms with E-state index in [4.69, 9.17) is 9.47 Å². The summed E-state index contributed by atoms with van der Waals surface area (Å²) in [5.41, 5.74) is 5.45. The molecule has 0 radical (unpaired) electrons. The molecule has 1 heterocycles. The minimum atomic E-state index is -1.13. The van der Waals surface area contributed by atoms with Crippen molar-refractivity contribution >= 4 is 18.0 Å². The van der Waals surface area contributed by atoms with Crippen LogP contribution in [0, 0.1) is 0 Å². The molecule has 8 heteroatoms. The average molecular weight is 479 g/mol. The molecular weight excluding hydrogens is 448 g/mol. The number of carboxylic acids is 1. The van der Waals surface area contributed by atoms with Crippen LogP contribution >= 0.6 is 0 Å². The molecule has 2 aromatic rings. The van der Waals surface area contributed by atoms with E-state index in [0.717, 1.165) is 27.8 Å². The van der Waals surface area contributed by atoms with Gasteiger partial charge in [0.05, 0.1) is 6.04 Å². The van der Waals surface area contributed by atoms with Crippen LogP contribution in [0.1, 0.15) is 43.7 Å². The third-order valence-electron chi connectivity index (χ3n) is 6.38. The molecule has 0 bridgehead atoms. The highest BCUT2D eigenvalue weighted by molar-refractivity contribution is 5.87.